The number of hydrogen-bond donors (Lipinski definition) is 1. The van der Waals surface area contributed by atoms with Crippen LogP contribution in [0.2, 0.25) is 0 Å². The number of nitrogens with zero attached hydrogens (tertiary/aromatic N) is 1. The summed E-state index contributed by atoms with van der Waals surface area (Å²) in [6, 6.07) is 0. The normalized spacial score (nSPS) is 11.2. The lowest BCUT2D eigenvalue weighted by Gasteiger charge is -2.11. The number of carbonyl (C=O) groups is 1. The summed E-state index contributed by atoms with van der Waals surface area (Å²) in [6.45, 7) is 0. The standard InChI is InChI=1S/C8H6F3NO3/c1-15-5-3-12-2-4(8(9,10)11)6(5)7(13)14/h2-3H,1H3,(H,13,14). The molecule has 1 aromatic rings. The van der Waals surface area contributed by atoms with Crippen LogP contribution in [-0.2, 0) is 6.18 Å². The fraction of sp³-hybridized carbons (Fsp3) is 0.250. The van der Waals surface area contributed by atoms with Crippen molar-refractivity contribution in [2.45, 2.75) is 6.18 Å². The molecule has 0 amide bonds. The van der Waals surface area contributed by atoms with E-state index in [1.54, 1.807) is 0 Å². The second-order valence-electron chi connectivity index (χ2n) is 2.57. The third-order valence-electron chi connectivity index (χ3n) is 1.65. The molecular formula is C8H6F3NO3. The number of ether oxygens (including phenoxy) is 1. The van der Waals surface area contributed by atoms with Crippen LogP contribution in [0.15, 0.2) is 12.4 Å². The maximum Gasteiger partial charge on any atom is 0.418 e. The first-order valence-corrected chi connectivity index (χ1v) is 3.70. The summed E-state index contributed by atoms with van der Waals surface area (Å²) in [7, 11) is 1.07. The van der Waals surface area contributed by atoms with Crippen LogP contribution in [0.3, 0.4) is 0 Å². The van der Waals surface area contributed by atoms with E-state index in [1.807, 2.05) is 0 Å². The van der Waals surface area contributed by atoms with Crippen molar-refractivity contribution in [3.05, 3.63) is 23.5 Å². The molecule has 0 unspecified atom stereocenters. The summed E-state index contributed by atoms with van der Waals surface area (Å²) in [5.41, 5.74) is -2.26. The van der Waals surface area contributed by atoms with Gasteiger partial charge < -0.3 is 9.84 Å². The molecule has 0 atom stereocenters. The topological polar surface area (TPSA) is 59.4 Å². The van der Waals surface area contributed by atoms with Crippen LogP contribution >= 0.6 is 0 Å². The number of carboxylic acid groups (broad SMARTS) is 1. The van der Waals surface area contributed by atoms with Crippen LogP contribution in [0.5, 0.6) is 5.75 Å². The van der Waals surface area contributed by atoms with E-state index in [9.17, 15) is 18.0 Å². The van der Waals surface area contributed by atoms with Crippen LogP contribution in [0, 0.1) is 0 Å². The van der Waals surface area contributed by atoms with Gasteiger partial charge in [-0.05, 0) is 0 Å². The molecular weight excluding hydrogens is 215 g/mol. The molecule has 0 aliphatic heterocycles. The van der Waals surface area contributed by atoms with Crippen LogP contribution in [-0.4, -0.2) is 23.2 Å². The first-order chi connectivity index (χ1) is 6.88. The van der Waals surface area contributed by atoms with Crippen molar-refractivity contribution in [2.24, 2.45) is 0 Å². The molecule has 0 bridgehead atoms. The molecule has 1 aromatic heterocycles. The summed E-state index contributed by atoms with van der Waals surface area (Å²) >= 11 is 0. The van der Waals surface area contributed by atoms with Gasteiger partial charge in [-0.2, -0.15) is 13.2 Å². The van der Waals surface area contributed by atoms with Gasteiger partial charge in [0.2, 0.25) is 0 Å². The highest BCUT2D eigenvalue weighted by Gasteiger charge is 2.37. The average molecular weight is 221 g/mol. The molecule has 4 nitrogen and oxygen atoms in total. The number of halogens is 3. The number of aromatic nitrogens is 1. The van der Waals surface area contributed by atoms with Gasteiger partial charge in [-0.25, -0.2) is 4.79 Å². The van der Waals surface area contributed by atoms with Crippen molar-refractivity contribution in [2.75, 3.05) is 7.11 Å². The Balaban J connectivity index is 3.46. The average Bonchev–Trinajstić information content (AvgIpc) is 2.15. The van der Waals surface area contributed by atoms with Gasteiger partial charge in [-0.3, -0.25) is 4.98 Å². The molecule has 82 valence electrons. The molecule has 0 spiro atoms. The number of methoxy groups -OCH3 is 1. The van der Waals surface area contributed by atoms with Crippen LogP contribution in [0.1, 0.15) is 15.9 Å². The van der Waals surface area contributed by atoms with Gasteiger partial charge in [0.25, 0.3) is 0 Å². The Labute approximate surface area is 82.3 Å². The number of hydrogen-bond acceptors (Lipinski definition) is 3. The van der Waals surface area contributed by atoms with Gasteiger partial charge >= 0.3 is 12.1 Å². The molecule has 15 heavy (non-hydrogen) atoms. The van der Waals surface area contributed by atoms with Crippen LogP contribution in [0.4, 0.5) is 13.2 Å². The summed E-state index contributed by atoms with van der Waals surface area (Å²) in [5.74, 6) is -2.13. The molecule has 0 aliphatic rings. The van der Waals surface area contributed by atoms with E-state index in [2.05, 4.69) is 9.72 Å². The predicted octanol–water partition coefficient (Wildman–Crippen LogP) is 1.81. The van der Waals surface area contributed by atoms with E-state index in [4.69, 9.17) is 5.11 Å². The maximum absolute atomic E-state index is 12.4. The van der Waals surface area contributed by atoms with Crippen molar-refractivity contribution in [1.82, 2.24) is 4.98 Å². The monoisotopic (exact) mass is 221 g/mol. The second-order valence-corrected chi connectivity index (χ2v) is 2.57. The minimum atomic E-state index is -4.77. The first-order valence-electron chi connectivity index (χ1n) is 3.70. The first kappa shape index (κ1) is 11.3. The number of rotatable bonds is 2. The molecule has 0 saturated carbocycles. The van der Waals surface area contributed by atoms with Crippen molar-refractivity contribution in [3.8, 4) is 5.75 Å². The molecule has 0 fully saturated rings. The highest BCUT2D eigenvalue weighted by molar-refractivity contribution is 5.92. The zero-order valence-electron chi connectivity index (χ0n) is 7.50. The smallest absolute Gasteiger partial charge is 0.418 e. The van der Waals surface area contributed by atoms with Gasteiger partial charge in [-0.15, -0.1) is 0 Å². The summed E-state index contributed by atoms with van der Waals surface area (Å²) in [5, 5.41) is 8.63. The zero-order valence-corrected chi connectivity index (χ0v) is 7.50. The maximum atomic E-state index is 12.4. The van der Waals surface area contributed by atoms with Gasteiger partial charge in [0.1, 0.15) is 5.56 Å². The summed E-state index contributed by atoms with van der Waals surface area (Å²) in [6.07, 6.45) is -3.40. The molecule has 1 rings (SSSR count). The molecule has 0 saturated heterocycles. The van der Waals surface area contributed by atoms with Crippen LogP contribution in [0.25, 0.3) is 0 Å². The van der Waals surface area contributed by atoms with Crippen molar-refractivity contribution >= 4 is 5.97 Å². The molecule has 0 radical (unpaired) electrons. The Kier molecular flexibility index (Phi) is 2.83. The fourth-order valence-corrected chi connectivity index (χ4v) is 1.03. The third-order valence-corrected chi connectivity index (χ3v) is 1.65. The van der Waals surface area contributed by atoms with Crippen molar-refractivity contribution in [3.63, 3.8) is 0 Å². The van der Waals surface area contributed by atoms with E-state index in [0.29, 0.717) is 6.20 Å². The summed E-state index contributed by atoms with van der Waals surface area (Å²) < 4.78 is 41.6. The van der Waals surface area contributed by atoms with Crippen LogP contribution < -0.4 is 4.74 Å². The van der Waals surface area contributed by atoms with E-state index < -0.39 is 29.0 Å². The minimum absolute atomic E-state index is 0.419. The Morgan fingerprint density at radius 1 is 1.47 bits per heavy atom. The lowest BCUT2D eigenvalue weighted by molar-refractivity contribution is -0.138. The van der Waals surface area contributed by atoms with Gasteiger partial charge in [0.15, 0.2) is 5.75 Å². The van der Waals surface area contributed by atoms with Gasteiger partial charge in [0, 0.05) is 6.20 Å². The SMILES string of the molecule is COc1cncc(C(F)(F)F)c1C(=O)O. The predicted molar refractivity (Wildman–Crippen MR) is 42.8 cm³/mol. The summed E-state index contributed by atoms with van der Waals surface area (Å²) in [4.78, 5) is 13.9. The fourth-order valence-electron chi connectivity index (χ4n) is 1.03. The molecule has 7 heteroatoms. The Bertz CT molecular complexity index is 389. The number of pyridine rings is 1. The highest BCUT2D eigenvalue weighted by Crippen LogP contribution is 2.34. The third kappa shape index (κ3) is 2.17. The Hall–Kier alpha value is -1.79. The second kappa shape index (κ2) is 3.76. The van der Waals surface area contributed by atoms with E-state index >= 15 is 0 Å². The van der Waals surface area contributed by atoms with E-state index in [-0.39, 0.29) is 0 Å². The highest BCUT2D eigenvalue weighted by atomic mass is 19.4. The zero-order chi connectivity index (χ0) is 11.6. The number of alkyl halides is 3. The Morgan fingerprint density at radius 2 is 2.07 bits per heavy atom. The van der Waals surface area contributed by atoms with E-state index in [1.165, 1.54) is 0 Å². The molecule has 0 aromatic carbocycles. The largest absolute Gasteiger partial charge is 0.494 e. The van der Waals surface area contributed by atoms with E-state index in [0.717, 1.165) is 13.3 Å². The quantitative estimate of drug-likeness (QED) is 0.827. The number of carboxylic acids is 1. The molecule has 1 N–H and O–H groups in total. The lowest BCUT2D eigenvalue weighted by Crippen LogP contribution is -2.14. The van der Waals surface area contributed by atoms with Crippen molar-refractivity contribution < 1.29 is 27.8 Å². The van der Waals surface area contributed by atoms with Crippen molar-refractivity contribution in [1.29, 1.82) is 0 Å². The minimum Gasteiger partial charge on any atom is -0.494 e. The lowest BCUT2D eigenvalue weighted by atomic mass is 10.1. The number of aromatic carboxylic acids is 1. The molecule has 1 heterocycles. The Morgan fingerprint density at radius 3 is 2.47 bits per heavy atom. The van der Waals surface area contributed by atoms with Gasteiger partial charge in [-0.1, -0.05) is 0 Å². The molecule has 0 aliphatic carbocycles. The van der Waals surface area contributed by atoms with Gasteiger partial charge in [0.05, 0.1) is 18.9 Å².